The van der Waals surface area contributed by atoms with Crippen LogP contribution in [0.25, 0.3) is 0 Å². The molecule has 1 fully saturated rings. The second-order valence-corrected chi connectivity index (χ2v) is 4.94. The molecule has 0 N–H and O–H groups in total. The number of benzene rings is 2. The molecule has 4 heteroatoms. The van der Waals surface area contributed by atoms with Crippen LogP contribution in [0.5, 0.6) is 5.75 Å². The minimum absolute atomic E-state index is 0.179. The molecule has 0 aromatic heterocycles. The highest BCUT2D eigenvalue weighted by Gasteiger charge is 2.40. The minimum atomic E-state index is -0.398. The zero-order valence-electron chi connectivity index (χ0n) is 11.7. The summed E-state index contributed by atoms with van der Waals surface area (Å²) in [5.41, 5.74) is 1.43. The zero-order valence-corrected chi connectivity index (χ0v) is 11.7. The molecule has 0 unspecified atom stereocenters. The molecule has 0 bridgehead atoms. The van der Waals surface area contributed by atoms with E-state index in [1.54, 1.807) is 31.4 Å². The van der Waals surface area contributed by atoms with Gasteiger partial charge in [-0.25, -0.2) is 4.90 Å². The molecule has 1 atom stereocenters. The van der Waals surface area contributed by atoms with Crippen LogP contribution in [0, 0.1) is 0 Å². The maximum Gasteiger partial charge on any atom is 0.241 e. The lowest BCUT2D eigenvalue weighted by Gasteiger charge is -2.16. The molecule has 1 aliphatic heterocycles. The van der Waals surface area contributed by atoms with Gasteiger partial charge in [-0.15, -0.1) is 0 Å². The van der Waals surface area contributed by atoms with E-state index in [2.05, 4.69) is 0 Å². The van der Waals surface area contributed by atoms with E-state index >= 15 is 0 Å². The molecule has 2 aromatic carbocycles. The van der Waals surface area contributed by atoms with Crippen molar-refractivity contribution in [3.8, 4) is 5.75 Å². The summed E-state index contributed by atoms with van der Waals surface area (Å²) in [6.07, 6.45) is 0.208. The van der Waals surface area contributed by atoms with Crippen molar-refractivity contribution < 1.29 is 14.3 Å². The van der Waals surface area contributed by atoms with Gasteiger partial charge in [0.25, 0.3) is 0 Å². The summed E-state index contributed by atoms with van der Waals surface area (Å²) in [6.45, 7) is 0. The van der Waals surface area contributed by atoms with Gasteiger partial charge in [-0.3, -0.25) is 9.59 Å². The van der Waals surface area contributed by atoms with Crippen molar-refractivity contribution in [2.75, 3.05) is 12.0 Å². The number of imide groups is 1. The maximum atomic E-state index is 12.6. The predicted molar refractivity (Wildman–Crippen MR) is 79.3 cm³/mol. The molecule has 3 rings (SSSR count). The summed E-state index contributed by atoms with van der Waals surface area (Å²) in [5.74, 6) is -0.136. The predicted octanol–water partition coefficient (Wildman–Crippen LogP) is 2.74. The Balaban J connectivity index is 1.94. The molecule has 0 spiro atoms. The van der Waals surface area contributed by atoms with E-state index in [-0.39, 0.29) is 18.2 Å². The van der Waals surface area contributed by atoms with Gasteiger partial charge in [0.15, 0.2) is 0 Å². The molecule has 1 heterocycles. The highest BCUT2D eigenvalue weighted by molar-refractivity contribution is 6.22. The normalized spacial score (nSPS) is 18.1. The van der Waals surface area contributed by atoms with Crippen molar-refractivity contribution in [3.63, 3.8) is 0 Å². The van der Waals surface area contributed by atoms with Gasteiger partial charge in [0.2, 0.25) is 11.8 Å². The van der Waals surface area contributed by atoms with Crippen molar-refractivity contribution in [2.45, 2.75) is 12.3 Å². The topological polar surface area (TPSA) is 46.6 Å². The van der Waals surface area contributed by atoms with Crippen LogP contribution in [-0.4, -0.2) is 18.9 Å². The number of carbonyl (C=O) groups is 2. The van der Waals surface area contributed by atoms with Crippen molar-refractivity contribution in [1.82, 2.24) is 0 Å². The first kappa shape index (κ1) is 13.4. The number of ether oxygens (including phenoxy) is 1. The van der Waals surface area contributed by atoms with E-state index in [1.807, 2.05) is 30.3 Å². The number of hydrogen-bond acceptors (Lipinski definition) is 3. The Morgan fingerprint density at radius 2 is 1.81 bits per heavy atom. The Labute approximate surface area is 123 Å². The molecule has 0 radical (unpaired) electrons. The van der Waals surface area contributed by atoms with Gasteiger partial charge < -0.3 is 4.74 Å². The summed E-state index contributed by atoms with van der Waals surface area (Å²) in [5, 5.41) is 0. The summed E-state index contributed by atoms with van der Waals surface area (Å²) in [6, 6.07) is 16.4. The Morgan fingerprint density at radius 3 is 2.52 bits per heavy atom. The molecule has 106 valence electrons. The van der Waals surface area contributed by atoms with Crippen LogP contribution in [0.2, 0.25) is 0 Å². The average Bonchev–Trinajstić information content (AvgIpc) is 2.83. The fourth-order valence-electron chi connectivity index (χ4n) is 2.60. The molecule has 21 heavy (non-hydrogen) atoms. The largest absolute Gasteiger partial charge is 0.497 e. The molecule has 1 aliphatic rings. The Morgan fingerprint density at radius 1 is 1.05 bits per heavy atom. The van der Waals surface area contributed by atoms with Crippen molar-refractivity contribution >= 4 is 17.5 Å². The molecule has 2 aromatic rings. The zero-order chi connectivity index (χ0) is 14.8. The van der Waals surface area contributed by atoms with Gasteiger partial charge in [-0.2, -0.15) is 0 Å². The summed E-state index contributed by atoms with van der Waals surface area (Å²) >= 11 is 0. The number of rotatable bonds is 3. The second-order valence-electron chi connectivity index (χ2n) is 4.94. The average molecular weight is 281 g/mol. The standard InChI is InChI=1S/C17H15NO3/c1-21-14-9-5-8-13(10-14)18-16(19)11-15(17(18)20)12-6-3-2-4-7-12/h2-10,15H,11H2,1H3/t15-/m1/s1. The first-order chi connectivity index (χ1) is 10.2. The van der Waals surface area contributed by atoms with Crippen LogP contribution < -0.4 is 9.64 Å². The third kappa shape index (κ3) is 2.40. The van der Waals surface area contributed by atoms with E-state index in [4.69, 9.17) is 4.74 Å². The SMILES string of the molecule is COc1cccc(N2C(=O)C[C@H](c3ccccc3)C2=O)c1. The van der Waals surface area contributed by atoms with Crippen molar-refractivity contribution in [2.24, 2.45) is 0 Å². The third-order valence-electron chi connectivity index (χ3n) is 3.66. The Hall–Kier alpha value is -2.62. The Bertz CT molecular complexity index is 681. The molecule has 0 saturated carbocycles. The smallest absolute Gasteiger partial charge is 0.241 e. The van der Waals surface area contributed by atoms with Crippen LogP contribution in [0.4, 0.5) is 5.69 Å². The van der Waals surface area contributed by atoms with Gasteiger partial charge in [0.1, 0.15) is 5.75 Å². The fourth-order valence-corrected chi connectivity index (χ4v) is 2.60. The molecule has 4 nitrogen and oxygen atoms in total. The highest BCUT2D eigenvalue weighted by atomic mass is 16.5. The van der Waals surface area contributed by atoms with E-state index in [9.17, 15) is 9.59 Å². The summed E-state index contributed by atoms with van der Waals surface area (Å²) in [7, 11) is 1.56. The van der Waals surface area contributed by atoms with Gasteiger partial charge in [0, 0.05) is 12.5 Å². The number of hydrogen-bond donors (Lipinski definition) is 0. The van der Waals surface area contributed by atoms with Crippen LogP contribution in [0.1, 0.15) is 17.9 Å². The molecule has 0 aliphatic carbocycles. The van der Waals surface area contributed by atoms with Crippen molar-refractivity contribution in [1.29, 1.82) is 0 Å². The summed E-state index contributed by atoms with van der Waals surface area (Å²) in [4.78, 5) is 26.1. The molecular formula is C17H15NO3. The van der Waals surface area contributed by atoms with E-state index < -0.39 is 5.92 Å². The lowest BCUT2D eigenvalue weighted by molar-refractivity contribution is -0.121. The van der Waals surface area contributed by atoms with Crippen LogP contribution in [-0.2, 0) is 9.59 Å². The molecule has 1 saturated heterocycles. The maximum absolute atomic E-state index is 12.6. The lowest BCUT2D eigenvalue weighted by Crippen LogP contribution is -2.29. The van der Waals surface area contributed by atoms with E-state index in [0.717, 1.165) is 5.56 Å². The first-order valence-electron chi connectivity index (χ1n) is 6.76. The highest BCUT2D eigenvalue weighted by Crippen LogP contribution is 2.34. The van der Waals surface area contributed by atoms with Gasteiger partial charge >= 0.3 is 0 Å². The number of nitrogens with zero attached hydrogens (tertiary/aromatic N) is 1. The van der Waals surface area contributed by atoms with E-state index in [1.165, 1.54) is 4.90 Å². The quantitative estimate of drug-likeness (QED) is 0.813. The van der Waals surface area contributed by atoms with Gasteiger partial charge in [0.05, 0.1) is 18.7 Å². The lowest BCUT2D eigenvalue weighted by atomic mass is 9.98. The third-order valence-corrected chi connectivity index (χ3v) is 3.66. The second kappa shape index (κ2) is 5.40. The molecule has 2 amide bonds. The summed E-state index contributed by atoms with van der Waals surface area (Å²) < 4.78 is 5.15. The van der Waals surface area contributed by atoms with Crippen LogP contribution in [0.3, 0.4) is 0 Å². The first-order valence-corrected chi connectivity index (χ1v) is 6.76. The van der Waals surface area contributed by atoms with Crippen molar-refractivity contribution in [3.05, 3.63) is 60.2 Å². The minimum Gasteiger partial charge on any atom is -0.497 e. The van der Waals surface area contributed by atoms with Crippen LogP contribution in [0.15, 0.2) is 54.6 Å². The monoisotopic (exact) mass is 281 g/mol. The van der Waals surface area contributed by atoms with E-state index in [0.29, 0.717) is 11.4 Å². The van der Waals surface area contributed by atoms with Gasteiger partial charge in [-0.1, -0.05) is 36.4 Å². The fraction of sp³-hybridized carbons (Fsp3) is 0.176. The van der Waals surface area contributed by atoms with Gasteiger partial charge in [-0.05, 0) is 17.7 Å². The molecular weight excluding hydrogens is 266 g/mol. The number of anilines is 1. The Kier molecular flexibility index (Phi) is 3.44. The van der Waals surface area contributed by atoms with Crippen LogP contribution >= 0.6 is 0 Å². The number of carbonyl (C=O) groups excluding carboxylic acids is 2. The number of amides is 2. The number of methoxy groups -OCH3 is 1.